The summed E-state index contributed by atoms with van der Waals surface area (Å²) in [4.78, 5) is 38.3. The van der Waals surface area contributed by atoms with Crippen LogP contribution in [0.25, 0.3) is 0 Å². The average molecular weight is 1040 g/mol. The second-order valence-corrected chi connectivity index (χ2v) is 22.7. The van der Waals surface area contributed by atoms with Crippen LogP contribution < -0.4 is 0 Å². The first-order chi connectivity index (χ1) is 36.5. The molecule has 0 fully saturated rings. The van der Waals surface area contributed by atoms with E-state index in [0.29, 0.717) is 19.3 Å². The maximum atomic E-state index is 12.9. The summed E-state index contributed by atoms with van der Waals surface area (Å²) in [5.74, 6) is -0.852. The number of rotatable bonds is 62. The van der Waals surface area contributed by atoms with E-state index >= 15 is 0 Å². The maximum absolute atomic E-state index is 12.9. The van der Waals surface area contributed by atoms with E-state index in [9.17, 15) is 14.4 Å². The van der Waals surface area contributed by atoms with Gasteiger partial charge in [-0.25, -0.2) is 0 Å². The molecular formula is C68H128O6. The van der Waals surface area contributed by atoms with E-state index in [4.69, 9.17) is 14.2 Å². The zero-order valence-electron chi connectivity index (χ0n) is 50.1. The molecular weight excluding hydrogens is 913 g/mol. The van der Waals surface area contributed by atoms with Gasteiger partial charge in [-0.05, 0) is 70.6 Å². The Morgan fingerprint density at radius 3 is 0.703 bits per heavy atom. The van der Waals surface area contributed by atoms with Crippen LogP contribution in [0.15, 0.2) is 24.3 Å². The molecule has 0 aliphatic rings. The van der Waals surface area contributed by atoms with Crippen LogP contribution in [-0.2, 0) is 28.6 Å². The minimum absolute atomic E-state index is 0.0692. The molecule has 6 heteroatoms. The topological polar surface area (TPSA) is 78.9 Å². The van der Waals surface area contributed by atoms with Crippen LogP contribution in [-0.4, -0.2) is 37.2 Å². The predicted octanol–water partition coefficient (Wildman–Crippen LogP) is 22.6. The molecule has 6 nitrogen and oxygen atoms in total. The van der Waals surface area contributed by atoms with Gasteiger partial charge in [-0.1, -0.05) is 308 Å². The third kappa shape index (κ3) is 60.8. The van der Waals surface area contributed by atoms with Crippen LogP contribution in [0.4, 0.5) is 0 Å². The zero-order valence-corrected chi connectivity index (χ0v) is 50.1. The van der Waals surface area contributed by atoms with E-state index in [0.717, 1.165) is 64.2 Å². The molecule has 0 radical (unpaired) electrons. The Balaban J connectivity index is 4.23. The van der Waals surface area contributed by atoms with E-state index in [1.54, 1.807) is 0 Å². The molecule has 436 valence electrons. The molecule has 0 aliphatic carbocycles. The quantitative estimate of drug-likeness (QED) is 0.0261. The predicted molar refractivity (Wildman–Crippen MR) is 321 cm³/mol. The van der Waals surface area contributed by atoms with Crippen LogP contribution in [0.3, 0.4) is 0 Å². The summed E-state index contributed by atoms with van der Waals surface area (Å²) < 4.78 is 16.9. The van der Waals surface area contributed by atoms with Crippen molar-refractivity contribution >= 4 is 17.9 Å². The fraction of sp³-hybridized carbons (Fsp3) is 0.897. The van der Waals surface area contributed by atoms with Gasteiger partial charge in [0.2, 0.25) is 0 Å². The molecule has 0 aromatic heterocycles. The normalized spacial score (nSPS) is 12.1. The summed E-state index contributed by atoms with van der Waals surface area (Å²) in [5, 5.41) is 0. The number of hydrogen-bond donors (Lipinski definition) is 0. The first-order valence-electron chi connectivity index (χ1n) is 33.3. The largest absolute Gasteiger partial charge is 0.462 e. The fourth-order valence-electron chi connectivity index (χ4n) is 10.1. The van der Waals surface area contributed by atoms with E-state index in [1.165, 1.54) is 270 Å². The van der Waals surface area contributed by atoms with Crippen molar-refractivity contribution in [2.24, 2.45) is 0 Å². The van der Waals surface area contributed by atoms with Crippen LogP contribution in [0.1, 0.15) is 374 Å². The molecule has 0 saturated heterocycles. The molecule has 0 rings (SSSR count). The number of ether oxygens (including phenoxy) is 3. The van der Waals surface area contributed by atoms with Crippen molar-refractivity contribution in [3.8, 4) is 0 Å². The Labute approximate surface area is 462 Å². The number of carbonyl (C=O) groups is 3. The highest BCUT2D eigenvalue weighted by Crippen LogP contribution is 2.18. The van der Waals surface area contributed by atoms with Gasteiger partial charge in [-0.3, -0.25) is 14.4 Å². The van der Waals surface area contributed by atoms with Gasteiger partial charge >= 0.3 is 17.9 Å². The SMILES string of the molecule is CCCCC/C=C\CCCCCCCC(=O)OCC(COC(=O)CCCCCCCCCCCCC/C=C\CCCCCCCCCC)OC(=O)CCCCCCCCCCCCCCCCCCCCCCC. The van der Waals surface area contributed by atoms with E-state index < -0.39 is 6.10 Å². The summed E-state index contributed by atoms with van der Waals surface area (Å²) in [5.41, 5.74) is 0. The van der Waals surface area contributed by atoms with Crippen LogP contribution >= 0.6 is 0 Å². The monoisotopic (exact) mass is 1040 g/mol. The second-order valence-electron chi connectivity index (χ2n) is 22.7. The highest BCUT2D eigenvalue weighted by Gasteiger charge is 2.19. The van der Waals surface area contributed by atoms with Gasteiger partial charge in [0.05, 0.1) is 0 Å². The van der Waals surface area contributed by atoms with E-state index in [2.05, 4.69) is 45.1 Å². The van der Waals surface area contributed by atoms with E-state index in [1.807, 2.05) is 0 Å². The lowest BCUT2D eigenvalue weighted by Gasteiger charge is -2.18. The number of allylic oxidation sites excluding steroid dienone is 4. The van der Waals surface area contributed by atoms with Crippen LogP contribution in [0.5, 0.6) is 0 Å². The summed E-state index contributed by atoms with van der Waals surface area (Å²) >= 11 is 0. The minimum Gasteiger partial charge on any atom is -0.462 e. The van der Waals surface area contributed by atoms with Gasteiger partial charge in [0, 0.05) is 19.3 Å². The van der Waals surface area contributed by atoms with Crippen LogP contribution in [0.2, 0.25) is 0 Å². The summed E-state index contributed by atoms with van der Waals surface area (Å²) in [7, 11) is 0. The van der Waals surface area contributed by atoms with Crippen molar-refractivity contribution in [3.05, 3.63) is 24.3 Å². The van der Waals surface area contributed by atoms with Gasteiger partial charge in [-0.15, -0.1) is 0 Å². The lowest BCUT2D eigenvalue weighted by atomic mass is 10.0. The molecule has 0 aromatic rings. The molecule has 1 unspecified atom stereocenters. The molecule has 0 bridgehead atoms. The highest BCUT2D eigenvalue weighted by molar-refractivity contribution is 5.71. The summed E-state index contributed by atoms with van der Waals surface area (Å²) in [6.45, 7) is 6.68. The number of unbranched alkanes of at least 4 members (excludes halogenated alkanes) is 47. The first-order valence-corrected chi connectivity index (χ1v) is 33.3. The minimum atomic E-state index is -0.772. The molecule has 1 atom stereocenters. The van der Waals surface area contributed by atoms with Gasteiger partial charge in [0.15, 0.2) is 6.10 Å². The lowest BCUT2D eigenvalue weighted by molar-refractivity contribution is -0.167. The lowest BCUT2D eigenvalue weighted by Crippen LogP contribution is -2.30. The Hall–Kier alpha value is -2.11. The standard InChI is InChI=1S/C68H128O6/c1-4-7-10-13-16-19-22-25-27-29-31-33-34-36-37-39-41-43-46-49-52-55-58-61-67(70)73-64-65(63-72-66(69)60-57-54-51-48-45-24-21-18-15-12-9-6-3)74-68(71)62-59-56-53-50-47-44-42-40-38-35-32-30-28-26-23-20-17-14-11-8-5-2/h18,21,29,31,65H,4-17,19-20,22-28,30,32-64H2,1-3H3/b21-18-,31-29-. The molecule has 74 heavy (non-hydrogen) atoms. The molecule has 0 spiro atoms. The van der Waals surface area contributed by atoms with Crippen molar-refractivity contribution < 1.29 is 28.6 Å². The van der Waals surface area contributed by atoms with Crippen molar-refractivity contribution in [2.75, 3.05) is 13.2 Å². The second kappa shape index (κ2) is 63.4. The number of esters is 3. The summed E-state index contributed by atoms with van der Waals surface area (Å²) in [6.07, 6.45) is 76.3. The maximum Gasteiger partial charge on any atom is 0.306 e. The van der Waals surface area contributed by atoms with Crippen molar-refractivity contribution in [2.45, 2.75) is 380 Å². The van der Waals surface area contributed by atoms with Crippen LogP contribution in [0, 0.1) is 0 Å². The van der Waals surface area contributed by atoms with Crippen molar-refractivity contribution in [3.63, 3.8) is 0 Å². The Morgan fingerprint density at radius 2 is 0.446 bits per heavy atom. The number of hydrogen-bond acceptors (Lipinski definition) is 6. The average Bonchev–Trinajstić information content (AvgIpc) is 3.40. The van der Waals surface area contributed by atoms with E-state index in [-0.39, 0.29) is 31.1 Å². The first kappa shape index (κ1) is 71.9. The molecule has 0 amide bonds. The van der Waals surface area contributed by atoms with Crippen molar-refractivity contribution in [1.29, 1.82) is 0 Å². The highest BCUT2D eigenvalue weighted by atomic mass is 16.6. The van der Waals surface area contributed by atoms with Gasteiger partial charge < -0.3 is 14.2 Å². The van der Waals surface area contributed by atoms with Gasteiger partial charge in [0.1, 0.15) is 13.2 Å². The Morgan fingerprint density at radius 1 is 0.257 bits per heavy atom. The molecule has 0 aromatic carbocycles. The van der Waals surface area contributed by atoms with Gasteiger partial charge in [-0.2, -0.15) is 0 Å². The zero-order chi connectivity index (χ0) is 53.6. The van der Waals surface area contributed by atoms with Crippen molar-refractivity contribution in [1.82, 2.24) is 0 Å². The smallest absolute Gasteiger partial charge is 0.306 e. The Bertz CT molecular complexity index is 1190. The molecule has 0 heterocycles. The summed E-state index contributed by atoms with van der Waals surface area (Å²) in [6, 6.07) is 0. The third-order valence-corrected chi connectivity index (χ3v) is 15.2. The fourth-order valence-corrected chi connectivity index (χ4v) is 10.1. The Kier molecular flexibility index (Phi) is 61.6. The third-order valence-electron chi connectivity index (χ3n) is 15.2. The van der Waals surface area contributed by atoms with Gasteiger partial charge in [0.25, 0.3) is 0 Å². The number of carbonyl (C=O) groups excluding carboxylic acids is 3. The molecule has 0 aliphatic heterocycles. The molecule has 0 N–H and O–H groups in total. The molecule has 0 saturated carbocycles.